The summed E-state index contributed by atoms with van der Waals surface area (Å²) in [6.07, 6.45) is 3.30. The Labute approximate surface area is 128 Å². The fraction of sp³-hybridized carbons (Fsp3) is 0.588. The van der Waals surface area contributed by atoms with Gasteiger partial charge in [-0.05, 0) is 42.2 Å². The van der Waals surface area contributed by atoms with Crippen LogP contribution >= 0.6 is 11.8 Å². The molecule has 0 unspecified atom stereocenters. The normalized spacial score (nSPS) is 11.8. The van der Waals surface area contributed by atoms with Gasteiger partial charge in [0, 0.05) is 10.3 Å². The summed E-state index contributed by atoms with van der Waals surface area (Å²) in [5.41, 5.74) is 6.84. The van der Waals surface area contributed by atoms with Gasteiger partial charge in [0.15, 0.2) is 0 Å². The Bertz CT molecular complexity index is 421. The van der Waals surface area contributed by atoms with Crippen LogP contribution in [-0.4, -0.2) is 11.6 Å². The van der Waals surface area contributed by atoms with Crippen LogP contribution in [0, 0.1) is 10.8 Å². The van der Waals surface area contributed by atoms with Gasteiger partial charge in [-0.1, -0.05) is 46.2 Å². The van der Waals surface area contributed by atoms with Crippen LogP contribution in [0.15, 0.2) is 29.2 Å². The van der Waals surface area contributed by atoms with Gasteiger partial charge >= 0.3 is 0 Å². The van der Waals surface area contributed by atoms with Gasteiger partial charge < -0.3 is 5.73 Å². The highest BCUT2D eigenvalue weighted by atomic mass is 32.2. The molecular formula is C17H28N2S. The minimum atomic E-state index is -0.149. The van der Waals surface area contributed by atoms with Gasteiger partial charge in [0.05, 0.1) is 5.84 Å². The SMILES string of the molecule is CC(C)c1ccc(SCCCCC(C)(C)C(=N)N)cc1. The Morgan fingerprint density at radius 3 is 2.30 bits per heavy atom. The van der Waals surface area contributed by atoms with E-state index in [9.17, 15) is 0 Å². The van der Waals surface area contributed by atoms with E-state index < -0.39 is 0 Å². The average Bonchev–Trinajstić information content (AvgIpc) is 2.38. The molecule has 3 N–H and O–H groups in total. The van der Waals surface area contributed by atoms with Crippen molar-refractivity contribution in [2.75, 3.05) is 5.75 Å². The Hall–Kier alpha value is -0.960. The largest absolute Gasteiger partial charge is 0.387 e. The summed E-state index contributed by atoms with van der Waals surface area (Å²) < 4.78 is 0. The van der Waals surface area contributed by atoms with Crippen molar-refractivity contribution in [1.82, 2.24) is 0 Å². The van der Waals surface area contributed by atoms with E-state index in [1.807, 2.05) is 25.6 Å². The minimum Gasteiger partial charge on any atom is -0.387 e. The number of rotatable bonds is 8. The lowest BCUT2D eigenvalue weighted by atomic mass is 9.86. The van der Waals surface area contributed by atoms with Crippen molar-refractivity contribution < 1.29 is 0 Å². The number of hydrogen-bond acceptors (Lipinski definition) is 2. The van der Waals surface area contributed by atoms with Crippen molar-refractivity contribution in [3.8, 4) is 0 Å². The van der Waals surface area contributed by atoms with Gasteiger partial charge in [0.25, 0.3) is 0 Å². The standard InChI is InChI=1S/C17H28N2S/c1-13(2)14-7-9-15(10-8-14)20-12-6-5-11-17(3,4)16(18)19/h7-10,13H,5-6,11-12H2,1-4H3,(H3,18,19). The second-order valence-electron chi connectivity index (χ2n) is 6.33. The molecule has 0 bridgehead atoms. The van der Waals surface area contributed by atoms with Crippen molar-refractivity contribution in [2.24, 2.45) is 11.1 Å². The van der Waals surface area contributed by atoms with E-state index in [0.29, 0.717) is 11.8 Å². The first-order valence-corrected chi connectivity index (χ1v) is 8.39. The molecule has 0 aliphatic heterocycles. The maximum atomic E-state index is 7.54. The highest BCUT2D eigenvalue weighted by molar-refractivity contribution is 7.99. The Balaban J connectivity index is 2.26. The predicted octanol–water partition coefficient (Wildman–Crippen LogP) is 5.03. The zero-order chi connectivity index (χ0) is 15.2. The van der Waals surface area contributed by atoms with Crippen molar-refractivity contribution in [2.45, 2.75) is 57.8 Å². The Morgan fingerprint density at radius 2 is 1.80 bits per heavy atom. The van der Waals surface area contributed by atoms with Gasteiger partial charge in [0.1, 0.15) is 0 Å². The third-order valence-corrected chi connectivity index (χ3v) is 4.84. The van der Waals surface area contributed by atoms with Crippen LogP contribution in [0.3, 0.4) is 0 Å². The van der Waals surface area contributed by atoms with Crippen LogP contribution in [0.25, 0.3) is 0 Å². The summed E-state index contributed by atoms with van der Waals surface area (Å²) in [5.74, 6) is 2.03. The quantitative estimate of drug-likeness (QED) is 0.305. The molecule has 1 aromatic rings. The number of amidine groups is 1. The molecule has 0 aliphatic carbocycles. The summed E-state index contributed by atoms with van der Waals surface area (Å²) in [6.45, 7) is 8.54. The molecule has 0 atom stereocenters. The van der Waals surface area contributed by atoms with Crippen LogP contribution in [-0.2, 0) is 0 Å². The molecule has 0 amide bonds. The fourth-order valence-electron chi connectivity index (χ4n) is 1.94. The van der Waals surface area contributed by atoms with Crippen molar-refractivity contribution >= 4 is 17.6 Å². The van der Waals surface area contributed by atoms with Crippen molar-refractivity contribution in [3.63, 3.8) is 0 Å². The molecule has 2 nitrogen and oxygen atoms in total. The summed E-state index contributed by atoms with van der Waals surface area (Å²) in [4.78, 5) is 1.35. The smallest absolute Gasteiger partial charge is 0.0963 e. The van der Waals surface area contributed by atoms with E-state index in [4.69, 9.17) is 11.1 Å². The van der Waals surface area contributed by atoms with Crippen molar-refractivity contribution in [3.05, 3.63) is 29.8 Å². The number of nitrogens with two attached hydrogens (primary N) is 1. The monoisotopic (exact) mass is 292 g/mol. The van der Waals surface area contributed by atoms with Gasteiger partial charge in [0.2, 0.25) is 0 Å². The molecule has 0 spiro atoms. The maximum absolute atomic E-state index is 7.54. The summed E-state index contributed by atoms with van der Waals surface area (Å²) in [7, 11) is 0. The minimum absolute atomic E-state index is 0.149. The molecule has 0 aromatic heterocycles. The highest BCUT2D eigenvalue weighted by Crippen LogP contribution is 2.26. The molecule has 0 aliphatic rings. The topological polar surface area (TPSA) is 49.9 Å². The van der Waals surface area contributed by atoms with E-state index in [1.165, 1.54) is 16.9 Å². The molecule has 20 heavy (non-hydrogen) atoms. The van der Waals surface area contributed by atoms with Crippen LogP contribution in [0.5, 0.6) is 0 Å². The van der Waals surface area contributed by atoms with E-state index in [0.717, 1.165) is 18.6 Å². The summed E-state index contributed by atoms with van der Waals surface area (Å²) in [6, 6.07) is 8.90. The van der Waals surface area contributed by atoms with E-state index in [1.54, 1.807) is 0 Å². The number of nitrogens with one attached hydrogen (secondary N) is 1. The molecule has 3 heteroatoms. The molecule has 112 valence electrons. The van der Waals surface area contributed by atoms with Gasteiger partial charge in [-0.3, -0.25) is 5.41 Å². The zero-order valence-electron chi connectivity index (χ0n) is 13.2. The Morgan fingerprint density at radius 1 is 1.20 bits per heavy atom. The third-order valence-electron chi connectivity index (χ3n) is 3.74. The second kappa shape index (κ2) is 7.72. The Kier molecular flexibility index (Phi) is 6.60. The van der Waals surface area contributed by atoms with Gasteiger partial charge in [-0.15, -0.1) is 11.8 Å². The molecule has 1 rings (SSSR count). The van der Waals surface area contributed by atoms with Gasteiger partial charge in [-0.25, -0.2) is 0 Å². The second-order valence-corrected chi connectivity index (χ2v) is 7.50. The summed E-state index contributed by atoms with van der Waals surface area (Å²) in [5, 5.41) is 7.54. The molecule has 1 aromatic carbocycles. The summed E-state index contributed by atoms with van der Waals surface area (Å²) >= 11 is 1.91. The van der Waals surface area contributed by atoms with Crippen LogP contribution in [0.1, 0.15) is 58.4 Å². The van der Waals surface area contributed by atoms with Crippen LogP contribution in [0.4, 0.5) is 0 Å². The van der Waals surface area contributed by atoms with E-state index in [2.05, 4.69) is 38.1 Å². The van der Waals surface area contributed by atoms with Gasteiger partial charge in [-0.2, -0.15) is 0 Å². The lowest BCUT2D eigenvalue weighted by molar-refractivity contribution is 0.448. The van der Waals surface area contributed by atoms with Crippen LogP contribution < -0.4 is 5.73 Å². The fourth-order valence-corrected chi connectivity index (χ4v) is 2.86. The third kappa shape index (κ3) is 5.58. The lowest BCUT2D eigenvalue weighted by Crippen LogP contribution is -2.30. The first kappa shape index (κ1) is 17.1. The van der Waals surface area contributed by atoms with Crippen molar-refractivity contribution in [1.29, 1.82) is 5.41 Å². The van der Waals surface area contributed by atoms with E-state index in [-0.39, 0.29) is 5.41 Å². The predicted molar refractivity (Wildman–Crippen MR) is 90.8 cm³/mol. The number of unbranched alkanes of at least 4 members (excludes halogenated alkanes) is 1. The number of thioether (sulfide) groups is 1. The number of benzene rings is 1. The first-order valence-electron chi connectivity index (χ1n) is 7.40. The molecule has 0 saturated carbocycles. The number of hydrogen-bond donors (Lipinski definition) is 2. The molecule has 0 heterocycles. The lowest BCUT2D eigenvalue weighted by Gasteiger charge is -2.22. The average molecular weight is 292 g/mol. The van der Waals surface area contributed by atoms with E-state index >= 15 is 0 Å². The molecular weight excluding hydrogens is 264 g/mol. The molecule has 0 radical (unpaired) electrons. The maximum Gasteiger partial charge on any atom is 0.0963 e. The van der Waals surface area contributed by atoms with Crippen LogP contribution in [0.2, 0.25) is 0 Å². The zero-order valence-corrected chi connectivity index (χ0v) is 14.0. The molecule has 0 saturated heterocycles. The first-order chi connectivity index (χ1) is 9.33. The molecule has 0 fully saturated rings. The highest BCUT2D eigenvalue weighted by Gasteiger charge is 2.20.